The molecular formula is C25H23ClN4O8S. The number of hydrogen-bond acceptors (Lipinski definition) is 8. The summed E-state index contributed by atoms with van der Waals surface area (Å²) >= 11 is 5.83. The first-order chi connectivity index (χ1) is 18.5. The lowest BCUT2D eigenvalue weighted by Crippen LogP contribution is -2.53. The third kappa shape index (κ3) is 6.89. The van der Waals surface area contributed by atoms with E-state index in [4.69, 9.17) is 16.3 Å². The second kappa shape index (κ2) is 11.8. The number of halogens is 1. The Kier molecular flexibility index (Phi) is 8.45. The smallest absolute Gasteiger partial charge is 0.321 e. The third-order valence-electron chi connectivity index (χ3n) is 5.89. The van der Waals surface area contributed by atoms with Gasteiger partial charge in [0.15, 0.2) is 6.17 Å². The molecule has 1 aliphatic heterocycles. The van der Waals surface area contributed by atoms with Crippen LogP contribution in [0, 0.1) is 10.1 Å². The van der Waals surface area contributed by atoms with E-state index in [-0.39, 0.29) is 17.0 Å². The molecule has 0 unspecified atom stereocenters. The lowest BCUT2D eigenvalue weighted by molar-refractivity contribution is -0.384. The lowest BCUT2D eigenvalue weighted by Gasteiger charge is -2.24. The van der Waals surface area contributed by atoms with Crippen LogP contribution in [0.5, 0.6) is 5.75 Å². The van der Waals surface area contributed by atoms with Gasteiger partial charge in [0, 0.05) is 12.6 Å². The van der Waals surface area contributed by atoms with E-state index in [1.807, 2.05) is 35.1 Å². The number of aliphatic carboxylic acids is 1. The number of hydrogen-bond donors (Lipinski definition) is 3. The summed E-state index contributed by atoms with van der Waals surface area (Å²) in [7, 11) is -4.35. The van der Waals surface area contributed by atoms with Crippen molar-refractivity contribution in [2.45, 2.75) is 31.8 Å². The highest BCUT2D eigenvalue weighted by atomic mass is 35.5. The number of carbonyl (C=O) groups is 2. The van der Waals surface area contributed by atoms with E-state index in [1.54, 1.807) is 24.3 Å². The minimum Gasteiger partial charge on any atom is -0.489 e. The number of carboxylic acid groups (broad SMARTS) is 1. The predicted molar refractivity (Wildman–Crippen MR) is 140 cm³/mol. The number of nitro benzene ring substituents is 1. The fourth-order valence-electron chi connectivity index (χ4n) is 3.93. The van der Waals surface area contributed by atoms with Crippen molar-refractivity contribution in [1.82, 2.24) is 14.3 Å². The first-order valence-corrected chi connectivity index (χ1v) is 13.4. The van der Waals surface area contributed by atoms with E-state index >= 15 is 0 Å². The number of carbonyl (C=O) groups excluding carboxylic acids is 1. The van der Waals surface area contributed by atoms with E-state index in [9.17, 15) is 33.2 Å². The summed E-state index contributed by atoms with van der Waals surface area (Å²) in [6.45, 7) is -0.0894. The van der Waals surface area contributed by atoms with Crippen molar-refractivity contribution in [2.75, 3.05) is 0 Å². The maximum atomic E-state index is 12.6. The summed E-state index contributed by atoms with van der Waals surface area (Å²) in [5.74, 6) is -1.71. The van der Waals surface area contributed by atoms with Gasteiger partial charge in [-0.1, -0.05) is 60.1 Å². The minimum atomic E-state index is -4.35. The standard InChI is InChI=1S/C25H23ClN4O8S/c26-20-11-8-18(13-22(20)30(34)35)14-29-23(24(31)28-39(29,36)37)27-21(25(32)33)12-16-6-9-19(10-7-16)38-15-17-4-2-1-3-5-17/h1-11,13,21,23,27H,12,14-15H2,(H,28,31)(H,32,33)/t21-,23+/m0/s1. The van der Waals surface area contributed by atoms with Gasteiger partial charge in [0.25, 0.3) is 11.6 Å². The minimum absolute atomic E-state index is 0.0710. The molecule has 4 rings (SSSR count). The zero-order valence-corrected chi connectivity index (χ0v) is 21.8. The van der Waals surface area contributed by atoms with Gasteiger partial charge in [0.1, 0.15) is 23.4 Å². The van der Waals surface area contributed by atoms with Crippen molar-refractivity contribution < 1.29 is 32.8 Å². The van der Waals surface area contributed by atoms with Gasteiger partial charge in [-0.2, -0.15) is 12.7 Å². The molecular weight excluding hydrogens is 552 g/mol. The van der Waals surface area contributed by atoms with Crippen molar-refractivity contribution in [3.8, 4) is 5.75 Å². The molecule has 204 valence electrons. The highest BCUT2D eigenvalue weighted by molar-refractivity contribution is 7.88. The average Bonchev–Trinajstić information content (AvgIpc) is 3.11. The molecule has 0 radical (unpaired) electrons. The number of amides is 1. The zero-order valence-electron chi connectivity index (χ0n) is 20.2. The quantitative estimate of drug-likeness (QED) is 0.230. The molecule has 1 saturated heterocycles. The molecule has 3 aromatic rings. The maximum Gasteiger partial charge on any atom is 0.321 e. The molecule has 14 heteroatoms. The molecule has 1 fully saturated rings. The Bertz CT molecular complexity index is 1490. The van der Waals surface area contributed by atoms with Crippen LogP contribution in [0.15, 0.2) is 72.8 Å². The van der Waals surface area contributed by atoms with Gasteiger partial charge in [-0.3, -0.25) is 25.0 Å². The molecule has 1 heterocycles. The SMILES string of the molecule is O=C(O)[C@H](Cc1ccc(OCc2ccccc2)cc1)N[C@H]1C(=O)NS(=O)(=O)N1Cc1ccc(Cl)c([N+](=O)[O-])c1. The largest absolute Gasteiger partial charge is 0.489 e. The van der Waals surface area contributed by atoms with Gasteiger partial charge in [-0.25, -0.2) is 4.72 Å². The first kappa shape index (κ1) is 28.0. The van der Waals surface area contributed by atoms with E-state index in [1.165, 1.54) is 12.1 Å². The zero-order chi connectivity index (χ0) is 28.2. The molecule has 0 aromatic heterocycles. The van der Waals surface area contributed by atoms with Crippen molar-refractivity contribution in [1.29, 1.82) is 0 Å². The summed E-state index contributed by atoms with van der Waals surface area (Å²) in [4.78, 5) is 35.1. The summed E-state index contributed by atoms with van der Waals surface area (Å²) in [6.07, 6.45) is -1.64. The van der Waals surface area contributed by atoms with Crippen molar-refractivity contribution in [2.24, 2.45) is 0 Å². The fraction of sp³-hybridized carbons (Fsp3) is 0.200. The second-order valence-electron chi connectivity index (χ2n) is 8.64. The molecule has 1 aliphatic rings. The van der Waals surface area contributed by atoms with Crippen LogP contribution in [-0.4, -0.2) is 46.8 Å². The number of nitrogens with zero attached hydrogens (tertiary/aromatic N) is 2. The van der Waals surface area contributed by atoms with Crippen molar-refractivity contribution in [3.63, 3.8) is 0 Å². The van der Waals surface area contributed by atoms with Crippen LogP contribution in [-0.2, 0) is 39.4 Å². The van der Waals surface area contributed by atoms with Crippen LogP contribution in [0.2, 0.25) is 5.02 Å². The van der Waals surface area contributed by atoms with Crippen LogP contribution in [0.3, 0.4) is 0 Å². The molecule has 1 amide bonds. The highest BCUT2D eigenvalue weighted by Gasteiger charge is 2.45. The van der Waals surface area contributed by atoms with E-state index in [2.05, 4.69) is 5.32 Å². The molecule has 0 aliphatic carbocycles. The van der Waals surface area contributed by atoms with Crippen LogP contribution < -0.4 is 14.8 Å². The maximum absolute atomic E-state index is 12.6. The number of nitrogens with one attached hydrogen (secondary N) is 2. The van der Waals surface area contributed by atoms with Gasteiger partial charge in [-0.15, -0.1) is 0 Å². The van der Waals surface area contributed by atoms with E-state index in [0.29, 0.717) is 22.2 Å². The fourth-order valence-corrected chi connectivity index (χ4v) is 5.35. The van der Waals surface area contributed by atoms with E-state index in [0.717, 1.165) is 11.6 Å². The summed E-state index contributed by atoms with van der Waals surface area (Å²) in [6, 6.07) is 18.6. The summed E-state index contributed by atoms with van der Waals surface area (Å²) in [5.41, 5.74) is 1.33. The number of carboxylic acids is 1. The Morgan fingerprint density at radius 1 is 1.10 bits per heavy atom. The first-order valence-electron chi connectivity index (χ1n) is 11.5. The van der Waals surface area contributed by atoms with Crippen LogP contribution >= 0.6 is 11.6 Å². The summed E-state index contributed by atoms with van der Waals surface area (Å²) in [5, 5.41) is 23.5. The number of ether oxygens (including phenoxy) is 1. The Labute approximate surface area is 228 Å². The molecule has 3 aromatic carbocycles. The predicted octanol–water partition coefficient (Wildman–Crippen LogP) is 2.62. The average molecular weight is 575 g/mol. The van der Waals surface area contributed by atoms with Gasteiger partial charge in [0.2, 0.25) is 0 Å². The van der Waals surface area contributed by atoms with Gasteiger partial charge < -0.3 is 9.84 Å². The molecule has 0 saturated carbocycles. The molecule has 3 N–H and O–H groups in total. The van der Waals surface area contributed by atoms with Crippen LogP contribution in [0.25, 0.3) is 0 Å². The Morgan fingerprint density at radius 2 is 1.77 bits per heavy atom. The molecule has 2 atom stereocenters. The molecule has 12 nitrogen and oxygen atoms in total. The Hall–Kier alpha value is -4.04. The Balaban J connectivity index is 1.47. The molecule has 39 heavy (non-hydrogen) atoms. The lowest BCUT2D eigenvalue weighted by atomic mass is 10.1. The van der Waals surface area contributed by atoms with Crippen molar-refractivity contribution >= 4 is 39.4 Å². The molecule has 0 bridgehead atoms. The second-order valence-corrected chi connectivity index (χ2v) is 10.7. The van der Waals surface area contributed by atoms with Crippen LogP contribution in [0.4, 0.5) is 5.69 Å². The number of rotatable bonds is 11. The van der Waals surface area contributed by atoms with Gasteiger partial charge >= 0.3 is 16.2 Å². The van der Waals surface area contributed by atoms with Gasteiger partial charge in [0.05, 0.1) is 4.92 Å². The Morgan fingerprint density at radius 3 is 2.41 bits per heavy atom. The van der Waals surface area contributed by atoms with Crippen LogP contribution in [0.1, 0.15) is 16.7 Å². The number of nitro groups is 1. The normalized spacial score (nSPS) is 17.4. The number of benzene rings is 3. The monoisotopic (exact) mass is 574 g/mol. The van der Waals surface area contributed by atoms with E-state index < -0.39 is 51.4 Å². The third-order valence-corrected chi connectivity index (χ3v) is 7.63. The van der Waals surface area contributed by atoms with Crippen molar-refractivity contribution in [3.05, 3.63) is 105 Å². The highest BCUT2D eigenvalue weighted by Crippen LogP contribution is 2.27. The van der Waals surface area contributed by atoms with Gasteiger partial charge in [-0.05, 0) is 41.3 Å². The molecule has 0 spiro atoms. The topological polar surface area (TPSA) is 168 Å². The summed E-state index contributed by atoms with van der Waals surface area (Å²) < 4.78 is 33.5.